The van der Waals surface area contributed by atoms with Crippen LogP contribution in [0.1, 0.15) is 71.1 Å². The van der Waals surface area contributed by atoms with Gasteiger partial charge in [-0.25, -0.2) is 0 Å². The third kappa shape index (κ3) is 3.16. The second-order valence-corrected chi connectivity index (χ2v) is 7.33. The lowest BCUT2D eigenvalue weighted by Gasteiger charge is -2.37. The zero-order valence-corrected chi connectivity index (χ0v) is 13.9. The van der Waals surface area contributed by atoms with Crippen LogP contribution in [0.25, 0.3) is 0 Å². The number of carbonyl (C=O) groups excluding carboxylic acids is 2. The summed E-state index contributed by atoms with van der Waals surface area (Å²) in [5, 5.41) is 0. The van der Waals surface area contributed by atoms with Crippen LogP contribution in [0.2, 0.25) is 0 Å². The third-order valence-corrected chi connectivity index (χ3v) is 5.90. The normalized spacial score (nSPS) is 30.9. The first-order valence-electron chi connectivity index (χ1n) is 9.30. The molecule has 0 aromatic heterocycles. The van der Waals surface area contributed by atoms with Gasteiger partial charge in [0.25, 0.3) is 0 Å². The van der Waals surface area contributed by atoms with Crippen LogP contribution in [-0.2, 0) is 9.59 Å². The summed E-state index contributed by atoms with van der Waals surface area (Å²) in [6.45, 7) is 3.74. The zero-order chi connectivity index (χ0) is 15.5. The van der Waals surface area contributed by atoms with E-state index >= 15 is 0 Å². The van der Waals surface area contributed by atoms with Gasteiger partial charge in [0.1, 0.15) is 0 Å². The maximum absolute atomic E-state index is 12.9. The first-order valence-corrected chi connectivity index (χ1v) is 9.30. The van der Waals surface area contributed by atoms with Gasteiger partial charge in [-0.05, 0) is 38.5 Å². The Morgan fingerprint density at radius 3 is 2.55 bits per heavy atom. The van der Waals surface area contributed by atoms with Crippen LogP contribution in [0, 0.1) is 5.92 Å². The summed E-state index contributed by atoms with van der Waals surface area (Å²) in [5.41, 5.74) is 0. The number of amides is 2. The molecule has 2 aliphatic heterocycles. The molecule has 0 spiro atoms. The second kappa shape index (κ2) is 7.01. The molecule has 2 unspecified atom stereocenters. The van der Waals surface area contributed by atoms with Gasteiger partial charge in [0, 0.05) is 31.6 Å². The predicted molar refractivity (Wildman–Crippen MR) is 86.3 cm³/mol. The fourth-order valence-electron chi connectivity index (χ4n) is 4.59. The molecule has 3 aliphatic rings. The van der Waals surface area contributed by atoms with Crippen molar-refractivity contribution in [1.82, 2.24) is 9.80 Å². The molecular formula is C18H30N2O2. The summed E-state index contributed by atoms with van der Waals surface area (Å²) in [7, 11) is 0. The van der Waals surface area contributed by atoms with Crippen LogP contribution in [0.3, 0.4) is 0 Å². The lowest BCUT2D eigenvalue weighted by Crippen LogP contribution is -2.47. The van der Waals surface area contributed by atoms with Gasteiger partial charge in [0.05, 0.1) is 5.92 Å². The van der Waals surface area contributed by atoms with Crippen molar-refractivity contribution in [2.24, 2.45) is 5.92 Å². The molecule has 2 amide bonds. The van der Waals surface area contributed by atoms with Crippen LogP contribution in [0.15, 0.2) is 0 Å². The van der Waals surface area contributed by atoms with Crippen LogP contribution < -0.4 is 0 Å². The van der Waals surface area contributed by atoms with Gasteiger partial charge in [-0.2, -0.15) is 0 Å². The average Bonchev–Trinajstić information content (AvgIpc) is 2.97. The maximum Gasteiger partial charge on any atom is 0.228 e. The summed E-state index contributed by atoms with van der Waals surface area (Å²) < 4.78 is 0. The minimum atomic E-state index is -0.0819. The van der Waals surface area contributed by atoms with Gasteiger partial charge >= 0.3 is 0 Å². The van der Waals surface area contributed by atoms with Crippen molar-refractivity contribution in [1.29, 1.82) is 0 Å². The SMILES string of the molecule is CCC1CCCCN1C(=O)C1CC(=O)N(C2CCCCC2)C1. The molecule has 3 fully saturated rings. The van der Waals surface area contributed by atoms with E-state index in [1.54, 1.807) is 0 Å². The fraction of sp³-hybridized carbons (Fsp3) is 0.889. The Balaban J connectivity index is 1.62. The van der Waals surface area contributed by atoms with Crippen LogP contribution in [0.5, 0.6) is 0 Å². The number of piperidine rings is 1. The van der Waals surface area contributed by atoms with E-state index in [1.807, 2.05) is 4.90 Å². The van der Waals surface area contributed by atoms with Crippen molar-refractivity contribution in [2.45, 2.75) is 83.2 Å². The van der Waals surface area contributed by atoms with Crippen LogP contribution >= 0.6 is 0 Å². The molecule has 4 heteroatoms. The molecular weight excluding hydrogens is 276 g/mol. The highest BCUT2D eigenvalue weighted by Crippen LogP contribution is 2.31. The van der Waals surface area contributed by atoms with Gasteiger partial charge in [-0.15, -0.1) is 0 Å². The molecule has 1 saturated carbocycles. The van der Waals surface area contributed by atoms with Gasteiger partial charge in [0.2, 0.25) is 11.8 Å². The number of nitrogens with zero attached hydrogens (tertiary/aromatic N) is 2. The highest BCUT2D eigenvalue weighted by Gasteiger charge is 2.41. The van der Waals surface area contributed by atoms with Crippen LogP contribution in [0.4, 0.5) is 0 Å². The first-order chi connectivity index (χ1) is 10.7. The van der Waals surface area contributed by atoms with E-state index in [0.717, 1.165) is 38.6 Å². The Hall–Kier alpha value is -1.06. The Kier molecular flexibility index (Phi) is 5.04. The number of hydrogen-bond acceptors (Lipinski definition) is 2. The topological polar surface area (TPSA) is 40.6 Å². The highest BCUT2D eigenvalue weighted by molar-refractivity contribution is 5.89. The third-order valence-electron chi connectivity index (χ3n) is 5.90. The van der Waals surface area contributed by atoms with E-state index in [4.69, 9.17) is 0 Å². The summed E-state index contributed by atoms with van der Waals surface area (Å²) in [6, 6.07) is 0.808. The summed E-state index contributed by atoms with van der Waals surface area (Å²) in [6.07, 6.45) is 11.0. The summed E-state index contributed by atoms with van der Waals surface area (Å²) in [5.74, 6) is 0.384. The van der Waals surface area contributed by atoms with E-state index in [0.29, 0.717) is 25.0 Å². The van der Waals surface area contributed by atoms with Crippen molar-refractivity contribution in [3.63, 3.8) is 0 Å². The van der Waals surface area contributed by atoms with Gasteiger partial charge < -0.3 is 9.80 Å². The van der Waals surface area contributed by atoms with Crippen molar-refractivity contribution >= 4 is 11.8 Å². The maximum atomic E-state index is 12.9. The molecule has 0 aromatic carbocycles. The predicted octanol–water partition coefficient (Wildman–Crippen LogP) is 2.96. The van der Waals surface area contributed by atoms with Crippen molar-refractivity contribution < 1.29 is 9.59 Å². The molecule has 22 heavy (non-hydrogen) atoms. The molecule has 3 rings (SSSR count). The van der Waals surface area contributed by atoms with Crippen molar-refractivity contribution in [2.75, 3.05) is 13.1 Å². The molecule has 2 saturated heterocycles. The molecule has 0 radical (unpaired) electrons. The quantitative estimate of drug-likeness (QED) is 0.804. The molecule has 0 aromatic rings. The Morgan fingerprint density at radius 2 is 1.82 bits per heavy atom. The first kappa shape index (κ1) is 15.8. The molecule has 0 bridgehead atoms. The number of carbonyl (C=O) groups is 2. The zero-order valence-electron chi connectivity index (χ0n) is 13.9. The average molecular weight is 306 g/mol. The Bertz CT molecular complexity index is 417. The molecule has 2 atom stereocenters. The summed E-state index contributed by atoms with van der Waals surface area (Å²) >= 11 is 0. The second-order valence-electron chi connectivity index (χ2n) is 7.33. The van der Waals surface area contributed by atoms with E-state index in [2.05, 4.69) is 11.8 Å². The van der Waals surface area contributed by atoms with E-state index < -0.39 is 0 Å². The van der Waals surface area contributed by atoms with Crippen LogP contribution in [-0.4, -0.2) is 46.8 Å². The van der Waals surface area contributed by atoms with E-state index in [1.165, 1.54) is 25.7 Å². The lowest BCUT2D eigenvalue weighted by molar-refractivity contribution is -0.139. The van der Waals surface area contributed by atoms with Crippen molar-refractivity contribution in [3.05, 3.63) is 0 Å². The van der Waals surface area contributed by atoms with Gasteiger partial charge in [-0.3, -0.25) is 9.59 Å². The minimum Gasteiger partial charge on any atom is -0.339 e. The standard InChI is InChI=1S/C18H30N2O2/c1-2-15-8-6-7-11-19(15)18(22)14-12-17(21)20(13-14)16-9-4-3-5-10-16/h14-16H,2-13H2,1H3. The molecule has 2 heterocycles. The Morgan fingerprint density at radius 1 is 1.09 bits per heavy atom. The fourth-order valence-corrected chi connectivity index (χ4v) is 4.59. The van der Waals surface area contributed by atoms with E-state index in [9.17, 15) is 9.59 Å². The smallest absolute Gasteiger partial charge is 0.228 e. The van der Waals surface area contributed by atoms with Gasteiger partial charge in [0.15, 0.2) is 0 Å². The molecule has 4 nitrogen and oxygen atoms in total. The highest BCUT2D eigenvalue weighted by atomic mass is 16.2. The number of rotatable bonds is 3. The molecule has 0 N–H and O–H groups in total. The minimum absolute atomic E-state index is 0.0819. The van der Waals surface area contributed by atoms with E-state index in [-0.39, 0.29) is 17.7 Å². The number of hydrogen-bond donors (Lipinski definition) is 0. The molecule has 124 valence electrons. The lowest BCUT2D eigenvalue weighted by atomic mass is 9.94. The largest absolute Gasteiger partial charge is 0.339 e. The number of likely N-dealkylation sites (tertiary alicyclic amines) is 2. The van der Waals surface area contributed by atoms with Crippen molar-refractivity contribution in [3.8, 4) is 0 Å². The van der Waals surface area contributed by atoms with Gasteiger partial charge in [-0.1, -0.05) is 26.2 Å². The summed E-state index contributed by atoms with van der Waals surface area (Å²) in [4.78, 5) is 29.4. The monoisotopic (exact) mass is 306 g/mol. The molecule has 1 aliphatic carbocycles. The Labute approximate surface area is 134 Å².